The third kappa shape index (κ3) is 2.30. The summed E-state index contributed by atoms with van der Waals surface area (Å²) in [6, 6.07) is 18.6. The fourth-order valence-corrected chi connectivity index (χ4v) is 3.73. The van der Waals surface area contributed by atoms with Crippen molar-refractivity contribution < 1.29 is 9.59 Å². The van der Waals surface area contributed by atoms with E-state index in [4.69, 9.17) is 0 Å². The number of amides is 2. The maximum Gasteiger partial charge on any atom is 0.265 e. The number of imide groups is 1. The van der Waals surface area contributed by atoms with Crippen molar-refractivity contribution in [2.45, 2.75) is 13.8 Å². The van der Waals surface area contributed by atoms with E-state index >= 15 is 0 Å². The Morgan fingerprint density at radius 3 is 2.08 bits per heavy atom. The quantitative estimate of drug-likeness (QED) is 0.655. The molecule has 26 heavy (non-hydrogen) atoms. The van der Waals surface area contributed by atoms with Crippen molar-refractivity contribution in [1.29, 1.82) is 0 Å². The first-order valence-corrected chi connectivity index (χ1v) is 8.91. The molecule has 0 unspecified atom stereocenters. The van der Waals surface area contributed by atoms with Gasteiger partial charge in [-0.25, -0.2) is 4.90 Å². The van der Waals surface area contributed by atoms with Crippen LogP contribution in [-0.4, -0.2) is 24.9 Å². The first-order chi connectivity index (χ1) is 12.7. The van der Waals surface area contributed by atoms with E-state index in [1.807, 2.05) is 48.5 Å². The summed E-state index contributed by atoms with van der Waals surface area (Å²) >= 11 is 0. The second kappa shape index (κ2) is 6.30. The van der Waals surface area contributed by atoms with Crippen molar-refractivity contribution >= 4 is 34.0 Å². The van der Waals surface area contributed by atoms with E-state index < -0.39 is 0 Å². The third-order valence-electron chi connectivity index (χ3n) is 5.00. The Hall–Kier alpha value is -3.14. The largest absolute Gasteiger partial charge is 0.372 e. The smallest absolute Gasteiger partial charge is 0.265 e. The molecule has 0 saturated carbocycles. The summed E-state index contributed by atoms with van der Waals surface area (Å²) in [6.07, 6.45) is 0. The molecule has 0 N–H and O–H groups in total. The topological polar surface area (TPSA) is 40.6 Å². The zero-order chi connectivity index (χ0) is 18.3. The summed E-state index contributed by atoms with van der Waals surface area (Å²) < 4.78 is 0. The number of hydrogen-bond donors (Lipinski definition) is 0. The fraction of sp³-hybridized carbons (Fsp3) is 0.182. The Morgan fingerprint density at radius 2 is 1.42 bits per heavy atom. The van der Waals surface area contributed by atoms with Gasteiger partial charge in [-0.15, -0.1) is 0 Å². The number of anilines is 2. The molecule has 1 aliphatic heterocycles. The molecule has 0 bridgehead atoms. The molecular weight excluding hydrogens is 324 g/mol. The zero-order valence-corrected chi connectivity index (χ0v) is 14.9. The summed E-state index contributed by atoms with van der Waals surface area (Å²) in [4.78, 5) is 29.8. The van der Waals surface area contributed by atoms with Crippen LogP contribution in [0.4, 0.5) is 11.4 Å². The lowest BCUT2D eigenvalue weighted by atomic mass is 9.92. The van der Waals surface area contributed by atoms with Crippen LogP contribution in [0.15, 0.2) is 60.7 Å². The second-order valence-electron chi connectivity index (χ2n) is 6.31. The summed E-state index contributed by atoms with van der Waals surface area (Å²) in [6.45, 7) is 5.94. The van der Waals surface area contributed by atoms with Gasteiger partial charge in [0.15, 0.2) is 0 Å². The Bertz CT molecular complexity index is 985. The second-order valence-corrected chi connectivity index (χ2v) is 6.31. The SMILES string of the molecule is CCN(CC)c1ccc2c3c(cccc13)C(=O)N(c1ccccc1)C2=O. The van der Waals surface area contributed by atoms with E-state index in [1.165, 1.54) is 4.90 Å². The number of carbonyl (C=O) groups excluding carboxylic acids is 2. The normalized spacial score (nSPS) is 13.4. The van der Waals surface area contributed by atoms with Crippen molar-refractivity contribution in [2.24, 2.45) is 0 Å². The molecule has 1 heterocycles. The van der Waals surface area contributed by atoms with Crippen LogP contribution in [0.3, 0.4) is 0 Å². The van der Waals surface area contributed by atoms with Gasteiger partial charge < -0.3 is 4.90 Å². The predicted octanol–water partition coefficient (Wildman–Crippen LogP) is 4.49. The predicted molar refractivity (Wildman–Crippen MR) is 105 cm³/mol. The molecule has 4 nitrogen and oxygen atoms in total. The van der Waals surface area contributed by atoms with Crippen LogP contribution in [0.25, 0.3) is 10.8 Å². The van der Waals surface area contributed by atoms with E-state index in [0.29, 0.717) is 16.8 Å². The van der Waals surface area contributed by atoms with Crippen molar-refractivity contribution in [3.8, 4) is 0 Å². The highest BCUT2D eigenvalue weighted by Gasteiger charge is 2.34. The molecule has 3 aromatic carbocycles. The van der Waals surface area contributed by atoms with Crippen molar-refractivity contribution in [3.05, 3.63) is 71.8 Å². The van der Waals surface area contributed by atoms with Crippen LogP contribution in [-0.2, 0) is 0 Å². The van der Waals surface area contributed by atoms with Gasteiger partial charge in [0.1, 0.15) is 0 Å². The van der Waals surface area contributed by atoms with Crippen molar-refractivity contribution in [1.82, 2.24) is 0 Å². The average molecular weight is 344 g/mol. The lowest BCUT2D eigenvalue weighted by Gasteiger charge is -2.29. The molecular formula is C22H20N2O2. The van der Waals surface area contributed by atoms with Crippen LogP contribution in [0.1, 0.15) is 34.6 Å². The minimum Gasteiger partial charge on any atom is -0.372 e. The van der Waals surface area contributed by atoms with Gasteiger partial charge in [-0.05, 0) is 44.2 Å². The van der Waals surface area contributed by atoms with Gasteiger partial charge >= 0.3 is 0 Å². The molecule has 0 radical (unpaired) electrons. The Kier molecular flexibility index (Phi) is 3.96. The highest BCUT2D eigenvalue weighted by molar-refractivity contribution is 6.36. The van der Waals surface area contributed by atoms with Crippen LogP contribution < -0.4 is 9.80 Å². The van der Waals surface area contributed by atoms with Gasteiger partial charge in [-0.2, -0.15) is 0 Å². The van der Waals surface area contributed by atoms with Crippen LogP contribution >= 0.6 is 0 Å². The van der Waals surface area contributed by atoms with E-state index in [9.17, 15) is 9.59 Å². The number of para-hydroxylation sites is 1. The first-order valence-electron chi connectivity index (χ1n) is 8.91. The van der Waals surface area contributed by atoms with Gasteiger partial charge in [0.2, 0.25) is 0 Å². The summed E-state index contributed by atoms with van der Waals surface area (Å²) in [5.41, 5.74) is 2.81. The number of hydrogen-bond acceptors (Lipinski definition) is 3. The molecule has 2 amide bonds. The van der Waals surface area contributed by atoms with Gasteiger partial charge in [-0.3, -0.25) is 9.59 Å². The number of rotatable bonds is 4. The highest BCUT2D eigenvalue weighted by Crippen LogP contribution is 2.37. The number of nitrogens with zero attached hydrogens (tertiary/aromatic N) is 2. The summed E-state index contributed by atoms with van der Waals surface area (Å²) in [5.74, 6) is -0.535. The standard InChI is InChI=1S/C22H20N2O2/c1-3-23(4-2)19-14-13-18-20-16(19)11-8-12-17(20)21(25)24(22(18)26)15-9-6-5-7-10-15/h5-14H,3-4H2,1-2H3. The minimum absolute atomic E-state index is 0.268. The maximum absolute atomic E-state index is 13.1. The van der Waals surface area contributed by atoms with Gasteiger partial charge in [0.25, 0.3) is 11.8 Å². The van der Waals surface area contributed by atoms with Crippen LogP contribution in [0.5, 0.6) is 0 Å². The molecule has 0 spiro atoms. The molecule has 1 aliphatic rings. The zero-order valence-electron chi connectivity index (χ0n) is 14.9. The molecule has 0 saturated heterocycles. The van der Waals surface area contributed by atoms with E-state index in [0.717, 1.165) is 29.5 Å². The van der Waals surface area contributed by atoms with Gasteiger partial charge in [-0.1, -0.05) is 30.3 Å². The molecule has 3 aromatic rings. The minimum atomic E-state index is -0.268. The average Bonchev–Trinajstić information content (AvgIpc) is 2.68. The summed E-state index contributed by atoms with van der Waals surface area (Å²) in [7, 11) is 0. The molecule has 4 heteroatoms. The Morgan fingerprint density at radius 1 is 0.769 bits per heavy atom. The Labute approximate surface area is 152 Å². The summed E-state index contributed by atoms with van der Waals surface area (Å²) in [5, 5.41) is 1.72. The Balaban J connectivity index is 1.96. The van der Waals surface area contributed by atoms with Crippen molar-refractivity contribution in [2.75, 3.05) is 22.9 Å². The lowest BCUT2D eigenvalue weighted by Crippen LogP contribution is -2.40. The molecule has 130 valence electrons. The lowest BCUT2D eigenvalue weighted by molar-refractivity contribution is 0.0893. The fourth-order valence-electron chi connectivity index (χ4n) is 3.73. The molecule has 0 aliphatic carbocycles. The van der Waals surface area contributed by atoms with Crippen LogP contribution in [0.2, 0.25) is 0 Å². The van der Waals surface area contributed by atoms with Crippen molar-refractivity contribution in [3.63, 3.8) is 0 Å². The van der Waals surface area contributed by atoms with Gasteiger partial charge in [0, 0.05) is 40.7 Å². The van der Waals surface area contributed by atoms with E-state index in [-0.39, 0.29) is 11.8 Å². The first kappa shape index (κ1) is 16.3. The van der Waals surface area contributed by atoms with Crippen LogP contribution in [0, 0.1) is 0 Å². The maximum atomic E-state index is 13.1. The molecule has 0 aromatic heterocycles. The molecule has 0 fully saturated rings. The van der Waals surface area contributed by atoms with E-state index in [2.05, 4.69) is 18.7 Å². The monoisotopic (exact) mass is 344 g/mol. The van der Waals surface area contributed by atoms with Gasteiger partial charge in [0.05, 0.1) is 5.69 Å². The molecule has 4 rings (SSSR count). The highest BCUT2D eigenvalue weighted by atomic mass is 16.2. The number of benzene rings is 3. The van der Waals surface area contributed by atoms with E-state index in [1.54, 1.807) is 12.1 Å². The molecule has 0 atom stereocenters. The number of carbonyl (C=O) groups is 2. The third-order valence-corrected chi connectivity index (χ3v) is 5.00.